The van der Waals surface area contributed by atoms with Crippen LogP contribution in [0.3, 0.4) is 0 Å². The molecule has 148 valence electrons. The Morgan fingerprint density at radius 2 is 1.86 bits per heavy atom. The van der Waals surface area contributed by atoms with Crippen molar-refractivity contribution in [3.63, 3.8) is 0 Å². The van der Waals surface area contributed by atoms with Crippen LogP contribution in [-0.2, 0) is 11.2 Å². The van der Waals surface area contributed by atoms with E-state index in [2.05, 4.69) is 14.9 Å². The Balaban J connectivity index is 1.47. The van der Waals surface area contributed by atoms with E-state index >= 15 is 0 Å². The lowest BCUT2D eigenvalue weighted by molar-refractivity contribution is -0.123. The van der Waals surface area contributed by atoms with E-state index in [4.69, 9.17) is 11.6 Å². The van der Waals surface area contributed by atoms with Gasteiger partial charge in [-0.2, -0.15) is 0 Å². The molecule has 0 saturated carbocycles. The Morgan fingerprint density at radius 1 is 1.07 bits per heavy atom. The molecule has 6 heteroatoms. The molecular formula is C22H27ClN4O. The molecule has 1 aromatic heterocycles. The molecule has 0 bridgehead atoms. The molecule has 1 amide bonds. The van der Waals surface area contributed by atoms with Crippen LogP contribution >= 0.6 is 11.6 Å². The molecule has 0 atom stereocenters. The SMILES string of the molecule is Cc1cc(N2CCC(C(=O)N3CCCCc4cc(Cl)ccc43)CC2)nc(C)n1. The van der Waals surface area contributed by atoms with Crippen molar-refractivity contribution >= 4 is 29.0 Å². The summed E-state index contributed by atoms with van der Waals surface area (Å²) in [6, 6.07) is 7.96. The second kappa shape index (κ2) is 8.08. The number of rotatable bonds is 2. The molecule has 0 radical (unpaired) electrons. The zero-order chi connectivity index (χ0) is 19.7. The summed E-state index contributed by atoms with van der Waals surface area (Å²) in [6.07, 6.45) is 4.85. The quantitative estimate of drug-likeness (QED) is 0.755. The number of halogens is 1. The van der Waals surface area contributed by atoms with Crippen molar-refractivity contribution in [3.05, 3.63) is 46.4 Å². The van der Waals surface area contributed by atoms with Crippen molar-refractivity contribution in [2.45, 2.75) is 46.0 Å². The Morgan fingerprint density at radius 3 is 2.61 bits per heavy atom. The van der Waals surface area contributed by atoms with Gasteiger partial charge in [-0.1, -0.05) is 11.6 Å². The van der Waals surface area contributed by atoms with E-state index in [0.29, 0.717) is 0 Å². The largest absolute Gasteiger partial charge is 0.356 e. The first kappa shape index (κ1) is 19.2. The van der Waals surface area contributed by atoms with E-state index in [1.165, 1.54) is 5.56 Å². The molecule has 0 N–H and O–H groups in total. The van der Waals surface area contributed by atoms with E-state index < -0.39 is 0 Å². The van der Waals surface area contributed by atoms with Crippen molar-refractivity contribution in [1.82, 2.24) is 9.97 Å². The van der Waals surface area contributed by atoms with Gasteiger partial charge >= 0.3 is 0 Å². The number of hydrogen-bond donors (Lipinski definition) is 0. The van der Waals surface area contributed by atoms with Crippen LogP contribution in [0.5, 0.6) is 0 Å². The third kappa shape index (κ3) is 4.00. The normalized spacial score (nSPS) is 18.0. The zero-order valence-corrected chi connectivity index (χ0v) is 17.4. The van der Waals surface area contributed by atoms with Gasteiger partial charge in [-0.3, -0.25) is 4.79 Å². The van der Waals surface area contributed by atoms with Crippen LogP contribution in [0.4, 0.5) is 11.5 Å². The molecule has 0 unspecified atom stereocenters. The molecule has 2 aliphatic heterocycles. The minimum Gasteiger partial charge on any atom is -0.356 e. The molecule has 5 nitrogen and oxygen atoms in total. The Hall–Kier alpha value is -2.14. The van der Waals surface area contributed by atoms with Gasteiger partial charge in [-0.05, 0) is 69.7 Å². The second-order valence-corrected chi connectivity index (χ2v) is 8.33. The van der Waals surface area contributed by atoms with Crippen LogP contribution in [0.15, 0.2) is 24.3 Å². The van der Waals surface area contributed by atoms with E-state index in [1.54, 1.807) is 0 Å². The van der Waals surface area contributed by atoms with E-state index in [0.717, 1.165) is 79.8 Å². The maximum Gasteiger partial charge on any atom is 0.230 e. The first-order valence-electron chi connectivity index (χ1n) is 10.2. The predicted octanol–water partition coefficient (Wildman–Crippen LogP) is 4.33. The smallest absolute Gasteiger partial charge is 0.230 e. The first-order chi connectivity index (χ1) is 13.5. The monoisotopic (exact) mass is 398 g/mol. The number of carbonyl (C=O) groups is 1. The summed E-state index contributed by atoms with van der Waals surface area (Å²) in [5, 5.41) is 0.747. The summed E-state index contributed by atoms with van der Waals surface area (Å²) in [7, 11) is 0. The average Bonchev–Trinajstić information content (AvgIpc) is 2.88. The molecule has 2 aromatic rings. The summed E-state index contributed by atoms with van der Waals surface area (Å²) < 4.78 is 0. The summed E-state index contributed by atoms with van der Waals surface area (Å²) in [5.74, 6) is 2.11. The third-order valence-corrected chi connectivity index (χ3v) is 6.03. The third-order valence-electron chi connectivity index (χ3n) is 5.80. The number of hydrogen-bond acceptors (Lipinski definition) is 4. The summed E-state index contributed by atoms with van der Waals surface area (Å²) in [4.78, 5) is 26.6. The summed E-state index contributed by atoms with van der Waals surface area (Å²) in [5.41, 5.74) is 3.24. The molecular weight excluding hydrogens is 372 g/mol. The first-order valence-corrected chi connectivity index (χ1v) is 10.6. The van der Waals surface area contributed by atoms with Crippen LogP contribution in [0.25, 0.3) is 0 Å². The number of carbonyl (C=O) groups excluding carboxylic acids is 1. The highest BCUT2D eigenvalue weighted by molar-refractivity contribution is 6.30. The molecule has 3 heterocycles. The summed E-state index contributed by atoms with van der Waals surface area (Å²) >= 11 is 6.18. The predicted molar refractivity (Wildman–Crippen MR) is 113 cm³/mol. The van der Waals surface area contributed by atoms with E-state index in [1.807, 2.05) is 43.0 Å². The van der Waals surface area contributed by atoms with Crippen LogP contribution in [-0.4, -0.2) is 35.5 Å². The molecule has 1 saturated heterocycles. The molecule has 2 aliphatic rings. The number of benzene rings is 1. The molecule has 0 aliphatic carbocycles. The average molecular weight is 399 g/mol. The fraction of sp³-hybridized carbons (Fsp3) is 0.500. The van der Waals surface area contributed by atoms with Gasteiger partial charge in [-0.25, -0.2) is 9.97 Å². The van der Waals surface area contributed by atoms with Crippen molar-refractivity contribution in [3.8, 4) is 0 Å². The molecule has 28 heavy (non-hydrogen) atoms. The molecule has 1 fully saturated rings. The van der Waals surface area contributed by atoms with Crippen LogP contribution in [0, 0.1) is 19.8 Å². The second-order valence-electron chi connectivity index (χ2n) is 7.90. The topological polar surface area (TPSA) is 49.3 Å². The highest BCUT2D eigenvalue weighted by Crippen LogP contribution is 2.32. The lowest BCUT2D eigenvalue weighted by Crippen LogP contribution is -2.43. The Labute approximate surface area is 171 Å². The number of amides is 1. The van der Waals surface area contributed by atoms with Crippen LogP contribution in [0.1, 0.15) is 42.8 Å². The highest BCUT2D eigenvalue weighted by atomic mass is 35.5. The molecule has 4 rings (SSSR count). The highest BCUT2D eigenvalue weighted by Gasteiger charge is 2.31. The number of anilines is 2. The minimum atomic E-state index is 0.0712. The van der Waals surface area contributed by atoms with Gasteiger partial charge in [0.25, 0.3) is 0 Å². The van der Waals surface area contributed by atoms with Gasteiger partial charge in [0.15, 0.2) is 0 Å². The standard InChI is InChI=1S/C22H27ClN4O/c1-15-13-21(25-16(2)24-15)26-11-8-17(9-12-26)22(28)27-10-4-3-5-18-14-19(23)6-7-20(18)27/h6-7,13-14,17H,3-5,8-12H2,1-2H3. The molecule has 1 aromatic carbocycles. The number of nitrogens with zero attached hydrogens (tertiary/aromatic N) is 4. The van der Waals surface area contributed by atoms with Crippen LogP contribution < -0.4 is 9.80 Å². The fourth-order valence-electron chi connectivity index (χ4n) is 4.39. The van der Waals surface area contributed by atoms with Gasteiger partial charge in [-0.15, -0.1) is 0 Å². The number of fused-ring (bicyclic) bond motifs is 1. The number of piperidine rings is 1. The Kier molecular flexibility index (Phi) is 5.54. The van der Waals surface area contributed by atoms with Crippen molar-refractivity contribution in [2.24, 2.45) is 5.92 Å². The molecule has 0 spiro atoms. The maximum absolute atomic E-state index is 13.4. The fourth-order valence-corrected chi connectivity index (χ4v) is 4.58. The maximum atomic E-state index is 13.4. The van der Waals surface area contributed by atoms with Gasteiger partial charge in [0, 0.05) is 48.0 Å². The van der Waals surface area contributed by atoms with Crippen molar-refractivity contribution in [1.29, 1.82) is 0 Å². The van der Waals surface area contributed by atoms with E-state index in [-0.39, 0.29) is 11.8 Å². The summed E-state index contributed by atoms with van der Waals surface area (Å²) in [6.45, 7) is 6.44. The van der Waals surface area contributed by atoms with E-state index in [9.17, 15) is 4.79 Å². The van der Waals surface area contributed by atoms with Gasteiger partial charge in [0.1, 0.15) is 11.6 Å². The van der Waals surface area contributed by atoms with Crippen LogP contribution in [0.2, 0.25) is 5.02 Å². The lowest BCUT2D eigenvalue weighted by atomic mass is 9.94. The van der Waals surface area contributed by atoms with Gasteiger partial charge in [0.05, 0.1) is 0 Å². The van der Waals surface area contributed by atoms with Crippen molar-refractivity contribution in [2.75, 3.05) is 29.4 Å². The number of aromatic nitrogens is 2. The lowest BCUT2D eigenvalue weighted by Gasteiger charge is -2.35. The minimum absolute atomic E-state index is 0.0712. The van der Waals surface area contributed by atoms with Gasteiger partial charge < -0.3 is 9.80 Å². The number of aryl methyl sites for hydroxylation is 3. The zero-order valence-electron chi connectivity index (χ0n) is 16.6. The Bertz CT molecular complexity index is 857. The van der Waals surface area contributed by atoms with Crippen molar-refractivity contribution < 1.29 is 4.79 Å². The van der Waals surface area contributed by atoms with Gasteiger partial charge in [0.2, 0.25) is 5.91 Å².